The van der Waals surface area contributed by atoms with Crippen LogP contribution in [0.15, 0.2) is 48.9 Å². The highest BCUT2D eigenvalue weighted by molar-refractivity contribution is 6.04. The molecule has 0 aliphatic carbocycles. The first-order chi connectivity index (χ1) is 14.0. The molecule has 3 rings (SSSR count). The van der Waals surface area contributed by atoms with Crippen molar-refractivity contribution in [3.8, 4) is 5.69 Å². The Morgan fingerprint density at radius 2 is 1.93 bits per heavy atom. The number of carbonyl (C=O) groups is 1. The van der Waals surface area contributed by atoms with E-state index in [1.165, 1.54) is 17.0 Å². The summed E-state index contributed by atoms with van der Waals surface area (Å²) in [4.78, 5) is 16.7. The van der Waals surface area contributed by atoms with Crippen LogP contribution in [-0.4, -0.2) is 21.3 Å². The second-order valence-electron chi connectivity index (χ2n) is 6.99. The number of alkyl halides is 3. The normalized spacial score (nSPS) is 11.4. The summed E-state index contributed by atoms with van der Waals surface area (Å²) in [6.07, 6.45) is -1.40. The predicted molar refractivity (Wildman–Crippen MR) is 108 cm³/mol. The van der Waals surface area contributed by atoms with E-state index in [1.807, 2.05) is 6.92 Å². The second-order valence-corrected chi connectivity index (χ2v) is 6.99. The van der Waals surface area contributed by atoms with Gasteiger partial charge in [0.15, 0.2) is 0 Å². The summed E-state index contributed by atoms with van der Waals surface area (Å²) in [5.41, 5.74) is 7.25. The zero-order valence-corrected chi connectivity index (χ0v) is 16.3. The Hall–Kier alpha value is -3.62. The third-order valence-electron chi connectivity index (χ3n) is 4.51. The minimum Gasteiger partial charge on any atom is -0.387 e. The summed E-state index contributed by atoms with van der Waals surface area (Å²) < 4.78 is 41.6. The average molecular weight is 415 g/mol. The lowest BCUT2D eigenvalue weighted by atomic mass is 10.0. The van der Waals surface area contributed by atoms with E-state index in [1.54, 1.807) is 31.3 Å². The molecule has 0 saturated heterocycles. The highest BCUT2D eigenvalue weighted by Gasteiger charge is 2.31. The standard InChI is InChI=1S/C21H20F3N5O/c1-12-3-4-14(5-15(12)6-19(25)26)20(30)28-17-7-16(21(22,23)24)8-18(9-17)29-10-13(2)27-11-29/h3-5,7-11H,6H2,1-2H3,(H3,25,26)(H,28,30). The summed E-state index contributed by atoms with van der Waals surface area (Å²) in [7, 11) is 0. The first-order valence-corrected chi connectivity index (χ1v) is 9.00. The molecule has 0 radical (unpaired) electrons. The van der Waals surface area contributed by atoms with Crippen LogP contribution in [0.3, 0.4) is 0 Å². The molecule has 6 nitrogen and oxygen atoms in total. The van der Waals surface area contributed by atoms with Crippen LogP contribution in [-0.2, 0) is 12.6 Å². The summed E-state index contributed by atoms with van der Waals surface area (Å²) in [6.45, 7) is 3.55. The largest absolute Gasteiger partial charge is 0.416 e. The number of halogens is 3. The number of hydrogen-bond acceptors (Lipinski definition) is 3. The molecule has 4 N–H and O–H groups in total. The van der Waals surface area contributed by atoms with Gasteiger partial charge in [-0.2, -0.15) is 13.2 Å². The van der Waals surface area contributed by atoms with Gasteiger partial charge in [-0.05, 0) is 55.3 Å². The molecule has 0 fully saturated rings. The first kappa shape index (κ1) is 21.1. The van der Waals surface area contributed by atoms with Gasteiger partial charge in [-0.3, -0.25) is 10.2 Å². The number of amides is 1. The summed E-state index contributed by atoms with van der Waals surface area (Å²) in [6, 6.07) is 8.18. The van der Waals surface area contributed by atoms with Crippen molar-refractivity contribution in [2.75, 3.05) is 5.32 Å². The monoisotopic (exact) mass is 415 g/mol. The van der Waals surface area contributed by atoms with Crippen molar-refractivity contribution in [1.29, 1.82) is 5.41 Å². The van der Waals surface area contributed by atoms with E-state index in [4.69, 9.17) is 11.1 Å². The topological polar surface area (TPSA) is 96.8 Å². The van der Waals surface area contributed by atoms with Gasteiger partial charge >= 0.3 is 6.18 Å². The predicted octanol–water partition coefficient (Wildman–Crippen LogP) is 4.24. The number of carbonyl (C=O) groups excluding carboxylic acids is 1. The maximum atomic E-state index is 13.4. The molecule has 0 atom stereocenters. The number of nitrogens with one attached hydrogen (secondary N) is 2. The second kappa shape index (κ2) is 8.02. The molecule has 0 unspecified atom stereocenters. The van der Waals surface area contributed by atoms with Crippen LogP contribution in [0, 0.1) is 19.3 Å². The molecular formula is C21H20F3N5O. The van der Waals surface area contributed by atoms with E-state index < -0.39 is 17.6 Å². The van der Waals surface area contributed by atoms with Crippen LogP contribution in [0.1, 0.15) is 32.7 Å². The van der Waals surface area contributed by atoms with Crippen molar-refractivity contribution >= 4 is 17.4 Å². The number of anilines is 1. The molecule has 0 aliphatic heterocycles. The molecule has 1 heterocycles. The maximum absolute atomic E-state index is 13.4. The molecule has 2 aromatic carbocycles. The van der Waals surface area contributed by atoms with Crippen molar-refractivity contribution in [2.24, 2.45) is 5.73 Å². The lowest BCUT2D eigenvalue weighted by Gasteiger charge is -2.14. The molecule has 0 aliphatic rings. The number of nitrogens with zero attached hydrogens (tertiary/aromatic N) is 2. The van der Waals surface area contributed by atoms with E-state index in [-0.39, 0.29) is 29.2 Å². The molecular weight excluding hydrogens is 395 g/mol. The quantitative estimate of drug-likeness (QED) is 0.430. The highest BCUT2D eigenvalue weighted by Crippen LogP contribution is 2.33. The van der Waals surface area contributed by atoms with Gasteiger partial charge in [0, 0.05) is 29.6 Å². The van der Waals surface area contributed by atoms with Crippen molar-refractivity contribution in [2.45, 2.75) is 26.4 Å². The lowest BCUT2D eigenvalue weighted by Crippen LogP contribution is -2.16. The number of nitrogens with two attached hydrogens (primary N) is 1. The highest BCUT2D eigenvalue weighted by atomic mass is 19.4. The SMILES string of the molecule is Cc1cn(-c2cc(NC(=O)c3ccc(C)c(CC(=N)N)c3)cc(C(F)(F)F)c2)cn1. The van der Waals surface area contributed by atoms with Crippen molar-refractivity contribution in [3.05, 3.63) is 76.9 Å². The van der Waals surface area contributed by atoms with Crippen LogP contribution in [0.5, 0.6) is 0 Å². The number of aryl methyl sites for hydroxylation is 2. The Morgan fingerprint density at radius 1 is 1.20 bits per heavy atom. The molecule has 0 bridgehead atoms. The first-order valence-electron chi connectivity index (χ1n) is 9.00. The Labute approximate surface area is 171 Å². The van der Waals surface area contributed by atoms with Gasteiger partial charge in [-0.25, -0.2) is 4.98 Å². The Bertz CT molecular complexity index is 1120. The smallest absolute Gasteiger partial charge is 0.387 e. The number of rotatable bonds is 5. The van der Waals surface area contributed by atoms with E-state index in [0.717, 1.165) is 17.7 Å². The van der Waals surface area contributed by atoms with Crippen molar-refractivity contribution in [1.82, 2.24) is 9.55 Å². The van der Waals surface area contributed by atoms with Gasteiger partial charge in [0.2, 0.25) is 0 Å². The van der Waals surface area contributed by atoms with Crippen LogP contribution >= 0.6 is 0 Å². The fourth-order valence-electron chi connectivity index (χ4n) is 2.97. The number of hydrogen-bond donors (Lipinski definition) is 3. The zero-order valence-electron chi connectivity index (χ0n) is 16.3. The maximum Gasteiger partial charge on any atom is 0.416 e. The Morgan fingerprint density at radius 3 is 2.53 bits per heavy atom. The lowest BCUT2D eigenvalue weighted by molar-refractivity contribution is -0.137. The van der Waals surface area contributed by atoms with Crippen LogP contribution in [0.2, 0.25) is 0 Å². The summed E-state index contributed by atoms with van der Waals surface area (Å²) in [5, 5.41) is 9.97. The number of aromatic nitrogens is 2. The van der Waals surface area contributed by atoms with Crippen molar-refractivity contribution < 1.29 is 18.0 Å². The fourth-order valence-corrected chi connectivity index (χ4v) is 2.97. The minimum absolute atomic E-state index is 0.00451. The molecule has 1 amide bonds. The van der Waals surface area contributed by atoms with Gasteiger partial charge in [0.05, 0.1) is 23.4 Å². The number of amidine groups is 1. The molecule has 156 valence electrons. The van der Waals surface area contributed by atoms with Crippen LogP contribution < -0.4 is 11.1 Å². The summed E-state index contributed by atoms with van der Waals surface area (Å²) in [5.74, 6) is -0.610. The van der Waals surface area contributed by atoms with Gasteiger partial charge in [0.1, 0.15) is 0 Å². The Kier molecular flexibility index (Phi) is 5.64. The van der Waals surface area contributed by atoms with Gasteiger partial charge in [-0.15, -0.1) is 0 Å². The molecule has 30 heavy (non-hydrogen) atoms. The number of benzene rings is 2. The average Bonchev–Trinajstić information content (AvgIpc) is 3.08. The number of imidazole rings is 1. The van der Waals surface area contributed by atoms with Crippen molar-refractivity contribution in [3.63, 3.8) is 0 Å². The van der Waals surface area contributed by atoms with E-state index in [9.17, 15) is 18.0 Å². The van der Waals surface area contributed by atoms with Gasteiger partial charge in [0.25, 0.3) is 5.91 Å². The zero-order chi connectivity index (χ0) is 22.1. The van der Waals surface area contributed by atoms with Crippen LogP contribution in [0.25, 0.3) is 5.69 Å². The van der Waals surface area contributed by atoms with Gasteiger partial charge in [-0.1, -0.05) is 6.07 Å². The van der Waals surface area contributed by atoms with Crippen LogP contribution in [0.4, 0.5) is 18.9 Å². The van der Waals surface area contributed by atoms with E-state index in [0.29, 0.717) is 11.3 Å². The van der Waals surface area contributed by atoms with Gasteiger partial charge < -0.3 is 15.6 Å². The van der Waals surface area contributed by atoms with E-state index >= 15 is 0 Å². The molecule has 3 aromatic rings. The third-order valence-corrected chi connectivity index (χ3v) is 4.51. The molecule has 9 heteroatoms. The fraction of sp³-hybridized carbons (Fsp3) is 0.190. The molecule has 0 saturated carbocycles. The Balaban J connectivity index is 1.95. The van der Waals surface area contributed by atoms with E-state index in [2.05, 4.69) is 10.3 Å². The molecule has 1 aromatic heterocycles. The minimum atomic E-state index is -4.58. The summed E-state index contributed by atoms with van der Waals surface area (Å²) >= 11 is 0. The third kappa shape index (κ3) is 4.86. The molecule has 0 spiro atoms.